The zero-order chi connectivity index (χ0) is 19.6. The van der Waals surface area contributed by atoms with Crippen molar-refractivity contribution in [3.63, 3.8) is 0 Å². The third-order valence-electron chi connectivity index (χ3n) is 3.50. The van der Waals surface area contributed by atoms with Crippen molar-refractivity contribution in [2.75, 3.05) is 13.7 Å². The summed E-state index contributed by atoms with van der Waals surface area (Å²) in [5.74, 6) is -0.334. The molecule has 0 aliphatic rings. The highest BCUT2D eigenvalue weighted by Crippen LogP contribution is 2.26. The zero-order valence-electron chi connectivity index (χ0n) is 14.9. The summed E-state index contributed by atoms with van der Waals surface area (Å²) in [7, 11) is 1.54. The number of allylic oxidation sites excluding steroid dienone is 1. The van der Waals surface area contributed by atoms with E-state index in [4.69, 9.17) is 19.2 Å². The highest BCUT2D eigenvalue weighted by Gasteiger charge is 2.23. The first-order valence-corrected chi connectivity index (χ1v) is 8.14. The van der Waals surface area contributed by atoms with E-state index in [2.05, 4.69) is 16.9 Å². The Bertz CT molecular complexity index is 849. The van der Waals surface area contributed by atoms with Crippen LogP contribution in [0.2, 0.25) is 0 Å². The van der Waals surface area contributed by atoms with Crippen LogP contribution in [0.15, 0.2) is 41.3 Å². The lowest BCUT2D eigenvalue weighted by molar-refractivity contribution is -0.121. The van der Waals surface area contributed by atoms with E-state index in [9.17, 15) is 9.59 Å². The van der Waals surface area contributed by atoms with Crippen molar-refractivity contribution in [3.8, 4) is 23.1 Å². The van der Waals surface area contributed by atoms with Crippen LogP contribution in [0.1, 0.15) is 29.3 Å². The van der Waals surface area contributed by atoms with E-state index < -0.39 is 12.6 Å². The van der Waals surface area contributed by atoms with Gasteiger partial charge in [0.25, 0.3) is 0 Å². The number of hydrogen-bond acceptors (Lipinski definition) is 7. The Labute approximate surface area is 156 Å². The lowest BCUT2D eigenvalue weighted by Gasteiger charge is -2.02. The van der Waals surface area contributed by atoms with Gasteiger partial charge in [0.1, 0.15) is 17.5 Å². The monoisotopic (exact) mass is 369 g/mol. The fourth-order valence-electron chi connectivity index (χ4n) is 2.18. The van der Waals surface area contributed by atoms with E-state index in [0.717, 1.165) is 0 Å². The van der Waals surface area contributed by atoms with Crippen molar-refractivity contribution in [3.05, 3.63) is 48.6 Å². The molecule has 1 aromatic carbocycles. The van der Waals surface area contributed by atoms with Crippen LogP contribution in [0.4, 0.5) is 0 Å². The van der Waals surface area contributed by atoms with Crippen LogP contribution in [0.25, 0.3) is 11.3 Å². The number of esters is 1. The molecule has 0 radical (unpaired) electrons. The molecule has 0 unspecified atom stereocenters. The predicted octanol–water partition coefficient (Wildman–Crippen LogP) is 2.61. The first-order chi connectivity index (χ1) is 13.1. The van der Waals surface area contributed by atoms with Gasteiger partial charge >= 0.3 is 5.97 Å². The number of carbonyl (C=O) groups excluding carboxylic acids is 2. The first-order valence-electron chi connectivity index (χ1n) is 8.14. The van der Waals surface area contributed by atoms with Crippen LogP contribution >= 0.6 is 0 Å². The minimum Gasteiger partial charge on any atom is -0.497 e. The average molecular weight is 369 g/mol. The molecule has 140 valence electrons. The maximum absolute atomic E-state index is 12.2. The lowest BCUT2D eigenvalue weighted by Crippen LogP contribution is -2.22. The molecule has 2 aromatic rings. The molecule has 8 nitrogen and oxygen atoms in total. The maximum atomic E-state index is 12.2. The van der Waals surface area contributed by atoms with Crippen molar-refractivity contribution in [1.29, 1.82) is 5.26 Å². The quantitative estimate of drug-likeness (QED) is 0.534. The molecule has 1 heterocycles. The predicted molar refractivity (Wildman–Crippen MR) is 95.7 cm³/mol. The molecular weight excluding hydrogens is 350 g/mol. The Morgan fingerprint density at radius 3 is 2.74 bits per heavy atom. The van der Waals surface area contributed by atoms with E-state index >= 15 is 0 Å². The van der Waals surface area contributed by atoms with Crippen molar-refractivity contribution < 1.29 is 23.5 Å². The summed E-state index contributed by atoms with van der Waals surface area (Å²) in [6, 6.07) is 8.57. The lowest BCUT2D eigenvalue weighted by atomic mass is 10.1. The Kier molecular flexibility index (Phi) is 7.14. The fourth-order valence-corrected chi connectivity index (χ4v) is 2.18. The number of oxazole rings is 1. The number of aromatic nitrogens is 1. The second-order valence-corrected chi connectivity index (χ2v) is 5.35. The number of nitrogens with one attached hydrogen (secondary N) is 1. The number of nitriles is 1. The number of benzene rings is 1. The molecule has 8 heteroatoms. The fraction of sp³-hybridized carbons (Fsp3) is 0.263. The summed E-state index contributed by atoms with van der Waals surface area (Å²) in [5.41, 5.74) is 0.864. The molecule has 0 aliphatic heterocycles. The van der Waals surface area contributed by atoms with Gasteiger partial charge in [-0.05, 0) is 30.7 Å². The van der Waals surface area contributed by atoms with Crippen LogP contribution < -0.4 is 10.1 Å². The summed E-state index contributed by atoms with van der Waals surface area (Å²) in [6.45, 7) is 3.17. The Hall–Kier alpha value is -3.60. The Morgan fingerprint density at radius 1 is 1.37 bits per heavy atom. The van der Waals surface area contributed by atoms with E-state index in [0.29, 0.717) is 24.2 Å². The minimum absolute atomic E-state index is 0.0185. The van der Waals surface area contributed by atoms with Crippen molar-refractivity contribution in [2.24, 2.45) is 0 Å². The highest BCUT2D eigenvalue weighted by molar-refractivity contribution is 5.93. The number of nitrogens with zero attached hydrogens (tertiary/aromatic N) is 2. The van der Waals surface area contributed by atoms with E-state index in [1.54, 1.807) is 43.5 Å². The topological polar surface area (TPSA) is 114 Å². The molecule has 27 heavy (non-hydrogen) atoms. The van der Waals surface area contributed by atoms with Gasteiger partial charge < -0.3 is 19.2 Å². The number of ether oxygens (including phenoxy) is 2. The van der Waals surface area contributed by atoms with Gasteiger partial charge in [0.15, 0.2) is 6.61 Å². The Balaban J connectivity index is 2.25. The standard InChI is InChI=1S/C19H19N3O5/c1-3-4-5-15(23)21-12-16-22-17(13-6-8-14(25-2)9-7-13)18(27-16)19(24)26-11-10-20/h3,6-9H,1,4-5,11-12H2,2H3,(H,21,23). The zero-order valence-corrected chi connectivity index (χ0v) is 14.9. The second-order valence-electron chi connectivity index (χ2n) is 5.35. The van der Waals surface area contributed by atoms with E-state index in [1.807, 2.05) is 0 Å². The molecule has 0 aliphatic carbocycles. The Morgan fingerprint density at radius 2 is 2.11 bits per heavy atom. The molecule has 0 bridgehead atoms. The van der Waals surface area contributed by atoms with Crippen LogP contribution in [0.5, 0.6) is 5.75 Å². The van der Waals surface area contributed by atoms with Gasteiger partial charge in [0.2, 0.25) is 17.6 Å². The number of rotatable bonds is 9. The van der Waals surface area contributed by atoms with Gasteiger partial charge in [-0.15, -0.1) is 6.58 Å². The molecule has 0 spiro atoms. The molecule has 1 aromatic heterocycles. The van der Waals surface area contributed by atoms with Crippen molar-refractivity contribution in [1.82, 2.24) is 10.3 Å². The van der Waals surface area contributed by atoms with Gasteiger partial charge in [-0.2, -0.15) is 5.26 Å². The third kappa shape index (κ3) is 5.44. The summed E-state index contributed by atoms with van der Waals surface area (Å²) in [4.78, 5) is 28.2. The summed E-state index contributed by atoms with van der Waals surface area (Å²) in [6.07, 6.45) is 2.50. The van der Waals surface area contributed by atoms with Gasteiger partial charge in [-0.1, -0.05) is 6.08 Å². The maximum Gasteiger partial charge on any atom is 0.377 e. The van der Waals surface area contributed by atoms with Gasteiger partial charge in [-0.3, -0.25) is 4.79 Å². The van der Waals surface area contributed by atoms with Crippen LogP contribution in [0, 0.1) is 11.3 Å². The van der Waals surface area contributed by atoms with Gasteiger partial charge in [0, 0.05) is 12.0 Å². The minimum atomic E-state index is -0.806. The molecule has 1 amide bonds. The molecule has 0 fully saturated rings. The molecule has 2 rings (SSSR count). The normalized spacial score (nSPS) is 9.93. The molecule has 1 N–H and O–H groups in total. The van der Waals surface area contributed by atoms with Gasteiger partial charge in [-0.25, -0.2) is 9.78 Å². The third-order valence-corrected chi connectivity index (χ3v) is 3.50. The van der Waals surface area contributed by atoms with Crippen LogP contribution in [-0.4, -0.2) is 30.6 Å². The molecule has 0 saturated carbocycles. The van der Waals surface area contributed by atoms with E-state index in [1.165, 1.54) is 0 Å². The smallest absolute Gasteiger partial charge is 0.377 e. The molecule has 0 saturated heterocycles. The average Bonchev–Trinajstić information content (AvgIpc) is 3.13. The summed E-state index contributed by atoms with van der Waals surface area (Å²) < 4.78 is 15.4. The van der Waals surface area contributed by atoms with Gasteiger partial charge in [0.05, 0.1) is 13.7 Å². The number of amides is 1. The first kappa shape index (κ1) is 19.7. The van der Waals surface area contributed by atoms with Crippen molar-refractivity contribution >= 4 is 11.9 Å². The largest absolute Gasteiger partial charge is 0.497 e. The number of hydrogen-bond donors (Lipinski definition) is 1. The summed E-state index contributed by atoms with van der Waals surface area (Å²) in [5, 5.41) is 11.2. The number of methoxy groups -OCH3 is 1. The van der Waals surface area contributed by atoms with Crippen molar-refractivity contribution in [2.45, 2.75) is 19.4 Å². The van der Waals surface area contributed by atoms with E-state index in [-0.39, 0.29) is 29.8 Å². The highest BCUT2D eigenvalue weighted by atomic mass is 16.5. The molecule has 0 atom stereocenters. The SMILES string of the molecule is C=CCCC(=O)NCc1nc(-c2ccc(OC)cc2)c(C(=O)OCC#N)o1. The van der Waals surface area contributed by atoms with Crippen LogP contribution in [0.3, 0.4) is 0 Å². The molecular formula is C19H19N3O5. The summed E-state index contributed by atoms with van der Waals surface area (Å²) >= 11 is 0. The second kappa shape index (κ2) is 9.77. The van der Waals surface area contributed by atoms with Crippen LogP contribution in [-0.2, 0) is 16.1 Å². The number of carbonyl (C=O) groups is 2.